The molecule has 1 aliphatic rings. The Kier molecular flexibility index (Phi) is 5.23. The van der Waals surface area contributed by atoms with Crippen LogP contribution in [0, 0.1) is 11.6 Å². The Balaban J connectivity index is 1.56. The number of benzene rings is 1. The summed E-state index contributed by atoms with van der Waals surface area (Å²) < 4.78 is 26.6. The minimum absolute atomic E-state index is 0.00942. The molecule has 0 bridgehead atoms. The number of anilines is 2. The monoisotopic (exact) mass is 348 g/mol. The fourth-order valence-electron chi connectivity index (χ4n) is 3.07. The SMILES string of the molecule is C[C@H](C(=O)Nc1ccc(F)cc1F)[NH+]1CCN(c2cccc[nH+]2)CC1. The Hall–Kier alpha value is -2.54. The predicted molar refractivity (Wildman–Crippen MR) is 90.4 cm³/mol. The molecule has 1 aromatic heterocycles. The second kappa shape index (κ2) is 7.57. The maximum atomic E-state index is 13.7. The van der Waals surface area contributed by atoms with Gasteiger partial charge in [-0.15, -0.1) is 0 Å². The van der Waals surface area contributed by atoms with Gasteiger partial charge in [-0.05, 0) is 25.1 Å². The highest BCUT2D eigenvalue weighted by Crippen LogP contribution is 2.15. The first-order valence-electron chi connectivity index (χ1n) is 8.37. The summed E-state index contributed by atoms with van der Waals surface area (Å²) >= 11 is 0. The summed E-state index contributed by atoms with van der Waals surface area (Å²) in [7, 11) is 0. The third-order valence-electron chi connectivity index (χ3n) is 4.63. The minimum Gasteiger partial charge on any atom is -0.318 e. The zero-order valence-corrected chi connectivity index (χ0v) is 14.1. The van der Waals surface area contributed by atoms with Crippen LogP contribution >= 0.6 is 0 Å². The molecule has 0 saturated carbocycles. The molecule has 3 N–H and O–H groups in total. The Morgan fingerprint density at radius 1 is 1.24 bits per heavy atom. The Morgan fingerprint density at radius 3 is 2.64 bits per heavy atom. The van der Waals surface area contributed by atoms with Crippen molar-refractivity contribution in [2.75, 3.05) is 36.4 Å². The van der Waals surface area contributed by atoms with Crippen molar-refractivity contribution in [3.8, 4) is 0 Å². The molecule has 5 nitrogen and oxygen atoms in total. The van der Waals surface area contributed by atoms with Crippen LogP contribution in [0.25, 0.3) is 0 Å². The number of pyridine rings is 1. The number of halogens is 2. The Labute approximate surface area is 145 Å². The van der Waals surface area contributed by atoms with Crippen molar-refractivity contribution < 1.29 is 23.5 Å². The third-order valence-corrected chi connectivity index (χ3v) is 4.63. The van der Waals surface area contributed by atoms with Crippen LogP contribution in [0.15, 0.2) is 42.6 Å². The molecule has 1 aromatic carbocycles. The maximum absolute atomic E-state index is 13.7. The van der Waals surface area contributed by atoms with E-state index in [1.807, 2.05) is 31.3 Å². The van der Waals surface area contributed by atoms with Gasteiger partial charge in [-0.3, -0.25) is 9.69 Å². The van der Waals surface area contributed by atoms with E-state index >= 15 is 0 Å². The summed E-state index contributed by atoms with van der Waals surface area (Å²) in [5, 5.41) is 2.56. The summed E-state index contributed by atoms with van der Waals surface area (Å²) in [4.78, 5) is 19.0. The highest BCUT2D eigenvalue weighted by atomic mass is 19.1. The molecule has 2 aromatic rings. The van der Waals surface area contributed by atoms with Crippen LogP contribution in [0.3, 0.4) is 0 Å². The van der Waals surface area contributed by atoms with Gasteiger partial charge in [-0.25, -0.2) is 13.8 Å². The molecule has 0 aliphatic carbocycles. The van der Waals surface area contributed by atoms with E-state index in [1.165, 1.54) is 6.07 Å². The van der Waals surface area contributed by atoms with E-state index in [0.717, 1.165) is 49.0 Å². The van der Waals surface area contributed by atoms with E-state index in [9.17, 15) is 13.6 Å². The molecular formula is C18H22F2N4O+2. The average molecular weight is 348 g/mol. The first-order chi connectivity index (χ1) is 12.0. The number of rotatable bonds is 4. The van der Waals surface area contributed by atoms with Gasteiger partial charge < -0.3 is 10.2 Å². The number of nitrogens with one attached hydrogen (secondary N) is 3. The van der Waals surface area contributed by atoms with Crippen molar-refractivity contribution >= 4 is 17.4 Å². The van der Waals surface area contributed by atoms with Crippen LogP contribution in [0.2, 0.25) is 0 Å². The van der Waals surface area contributed by atoms with Gasteiger partial charge in [-0.2, -0.15) is 0 Å². The molecule has 1 atom stereocenters. The Bertz CT molecular complexity index is 733. The number of aromatic amines is 1. The molecule has 1 aliphatic heterocycles. The first-order valence-corrected chi connectivity index (χ1v) is 8.37. The van der Waals surface area contributed by atoms with Gasteiger partial charge in [0.25, 0.3) is 11.7 Å². The summed E-state index contributed by atoms with van der Waals surface area (Å²) in [6, 6.07) is 8.77. The van der Waals surface area contributed by atoms with E-state index in [0.29, 0.717) is 0 Å². The van der Waals surface area contributed by atoms with E-state index in [4.69, 9.17) is 0 Å². The fourth-order valence-corrected chi connectivity index (χ4v) is 3.07. The van der Waals surface area contributed by atoms with Crippen molar-refractivity contribution in [2.45, 2.75) is 13.0 Å². The van der Waals surface area contributed by atoms with E-state index in [-0.39, 0.29) is 17.6 Å². The summed E-state index contributed by atoms with van der Waals surface area (Å²) in [5.41, 5.74) is 0.00942. The molecule has 25 heavy (non-hydrogen) atoms. The largest absolute Gasteiger partial charge is 0.318 e. The molecule has 0 unspecified atom stereocenters. The Morgan fingerprint density at radius 2 is 2.00 bits per heavy atom. The van der Waals surface area contributed by atoms with Gasteiger partial charge >= 0.3 is 0 Å². The normalized spacial score (nSPS) is 16.5. The van der Waals surface area contributed by atoms with E-state index in [1.54, 1.807) is 0 Å². The van der Waals surface area contributed by atoms with E-state index < -0.39 is 11.6 Å². The highest BCUT2D eigenvalue weighted by Gasteiger charge is 2.32. The minimum atomic E-state index is -0.764. The van der Waals surface area contributed by atoms with Crippen molar-refractivity contribution in [3.63, 3.8) is 0 Å². The molecule has 1 fully saturated rings. The number of nitrogens with zero attached hydrogens (tertiary/aromatic N) is 1. The number of carbonyl (C=O) groups is 1. The molecule has 1 amide bonds. The number of amides is 1. The maximum Gasteiger partial charge on any atom is 0.282 e. The number of aromatic nitrogens is 1. The van der Waals surface area contributed by atoms with Gasteiger partial charge in [0.1, 0.15) is 37.8 Å². The molecule has 3 rings (SSSR count). The predicted octanol–water partition coefficient (Wildman–Crippen LogP) is 0.511. The molecule has 7 heteroatoms. The number of carbonyl (C=O) groups excluding carboxylic acids is 1. The van der Waals surface area contributed by atoms with Crippen LogP contribution in [-0.4, -0.2) is 38.1 Å². The second-order valence-corrected chi connectivity index (χ2v) is 6.23. The van der Waals surface area contributed by atoms with Crippen molar-refractivity contribution in [3.05, 3.63) is 54.2 Å². The number of quaternary nitrogens is 1. The first kappa shape index (κ1) is 17.3. The topological polar surface area (TPSA) is 50.9 Å². The zero-order chi connectivity index (χ0) is 17.8. The number of hydrogen-bond donors (Lipinski definition) is 2. The smallest absolute Gasteiger partial charge is 0.282 e. The van der Waals surface area contributed by atoms with Crippen LogP contribution in [0.4, 0.5) is 20.3 Å². The molecule has 2 heterocycles. The quantitative estimate of drug-likeness (QED) is 0.846. The van der Waals surface area contributed by atoms with Crippen molar-refractivity contribution in [2.24, 2.45) is 0 Å². The molecule has 1 saturated heterocycles. The molecular weight excluding hydrogens is 326 g/mol. The summed E-state index contributed by atoms with van der Waals surface area (Å²) in [5.74, 6) is -0.629. The zero-order valence-electron chi connectivity index (χ0n) is 14.1. The lowest BCUT2D eigenvalue weighted by Gasteiger charge is -2.31. The average Bonchev–Trinajstić information content (AvgIpc) is 2.64. The standard InChI is InChI=1S/C18H20F2N4O/c1-13(18(25)22-16-6-5-14(19)12-15(16)20)23-8-10-24(11-9-23)17-4-2-3-7-21-17/h2-7,12-13H,8-11H2,1H3,(H,22,25)/p+2/t13-/m1/s1. The van der Waals surface area contributed by atoms with Crippen LogP contribution < -0.4 is 20.1 Å². The van der Waals surface area contributed by atoms with Gasteiger partial charge in [0, 0.05) is 12.1 Å². The second-order valence-electron chi connectivity index (χ2n) is 6.23. The lowest BCUT2D eigenvalue weighted by molar-refractivity contribution is -0.914. The molecule has 0 spiro atoms. The summed E-state index contributed by atoms with van der Waals surface area (Å²) in [6.07, 6.45) is 1.89. The number of hydrogen-bond acceptors (Lipinski definition) is 2. The van der Waals surface area contributed by atoms with E-state index in [2.05, 4.69) is 15.2 Å². The van der Waals surface area contributed by atoms with Gasteiger partial charge in [0.15, 0.2) is 6.04 Å². The summed E-state index contributed by atoms with van der Waals surface area (Å²) in [6.45, 7) is 5.11. The molecule has 0 radical (unpaired) electrons. The van der Waals surface area contributed by atoms with Crippen LogP contribution in [0.1, 0.15) is 6.92 Å². The molecule has 132 valence electrons. The lowest BCUT2D eigenvalue weighted by Crippen LogP contribution is -3.19. The number of H-pyrrole nitrogens is 1. The third kappa shape index (κ3) is 4.11. The van der Waals surface area contributed by atoms with Crippen molar-refractivity contribution in [1.82, 2.24) is 0 Å². The van der Waals surface area contributed by atoms with Gasteiger partial charge in [-0.1, -0.05) is 6.07 Å². The highest BCUT2D eigenvalue weighted by molar-refractivity contribution is 5.93. The van der Waals surface area contributed by atoms with Crippen LogP contribution in [0.5, 0.6) is 0 Å². The lowest BCUT2D eigenvalue weighted by atomic mass is 10.2. The fraction of sp³-hybridized carbons (Fsp3) is 0.333. The van der Waals surface area contributed by atoms with Crippen molar-refractivity contribution in [1.29, 1.82) is 0 Å². The van der Waals surface area contributed by atoms with Crippen LogP contribution in [-0.2, 0) is 4.79 Å². The van der Waals surface area contributed by atoms with Gasteiger partial charge in [0.2, 0.25) is 0 Å². The number of piperazine rings is 1. The van der Waals surface area contributed by atoms with Gasteiger partial charge in [0.05, 0.1) is 11.9 Å².